The first-order chi connectivity index (χ1) is 5.42. The molecule has 0 aromatic heterocycles. The van der Waals surface area contributed by atoms with Gasteiger partial charge >= 0.3 is 5.97 Å². The fourth-order valence-corrected chi connectivity index (χ4v) is 1.09. The number of rotatable bonds is 6. The lowest BCUT2D eigenvalue weighted by atomic mass is 10.4. The zero-order valence-corrected chi connectivity index (χ0v) is 7.73. The molecule has 6 heteroatoms. The molecule has 12 heavy (non-hydrogen) atoms. The number of sulfone groups is 1. The summed E-state index contributed by atoms with van der Waals surface area (Å²) in [6.45, 7) is 0.622. The summed E-state index contributed by atoms with van der Waals surface area (Å²) in [6.07, 6.45) is 1.16. The Morgan fingerprint density at radius 2 is 2.00 bits per heavy atom. The van der Waals surface area contributed by atoms with Crippen molar-refractivity contribution in [3.8, 4) is 0 Å². The highest BCUT2D eigenvalue weighted by atomic mass is 32.2. The topological polar surface area (TPSA) is 83.5 Å². The Morgan fingerprint density at radius 1 is 1.42 bits per heavy atom. The Labute approximate surface area is 71.7 Å². The fourth-order valence-electron chi connectivity index (χ4n) is 0.578. The van der Waals surface area contributed by atoms with E-state index in [0.717, 1.165) is 6.26 Å². The van der Waals surface area contributed by atoms with Gasteiger partial charge in [-0.15, -0.1) is 0 Å². The van der Waals surface area contributed by atoms with Crippen molar-refractivity contribution in [2.45, 2.75) is 6.42 Å². The van der Waals surface area contributed by atoms with E-state index in [-0.39, 0.29) is 12.2 Å². The Hall–Kier alpha value is -0.620. The van der Waals surface area contributed by atoms with Crippen LogP contribution in [-0.4, -0.2) is 44.6 Å². The summed E-state index contributed by atoms with van der Waals surface area (Å²) in [4.78, 5) is 10.0. The molecule has 72 valence electrons. The lowest BCUT2D eigenvalue weighted by Crippen LogP contribution is -2.24. The van der Waals surface area contributed by atoms with E-state index in [9.17, 15) is 13.2 Å². The van der Waals surface area contributed by atoms with Gasteiger partial charge in [-0.1, -0.05) is 0 Å². The summed E-state index contributed by atoms with van der Waals surface area (Å²) in [6, 6.07) is 0. The average molecular weight is 195 g/mol. The van der Waals surface area contributed by atoms with Gasteiger partial charge in [0.15, 0.2) is 0 Å². The van der Waals surface area contributed by atoms with E-state index in [1.165, 1.54) is 0 Å². The predicted molar refractivity (Wildman–Crippen MR) is 44.8 cm³/mol. The summed E-state index contributed by atoms with van der Waals surface area (Å²) >= 11 is 0. The SMILES string of the molecule is CS(=O)(=O)CCNCCC(=O)O. The Morgan fingerprint density at radius 3 is 2.42 bits per heavy atom. The van der Waals surface area contributed by atoms with E-state index >= 15 is 0 Å². The monoisotopic (exact) mass is 195 g/mol. The third-order valence-electron chi connectivity index (χ3n) is 1.17. The molecule has 0 amide bonds. The van der Waals surface area contributed by atoms with Crippen LogP contribution in [0.2, 0.25) is 0 Å². The van der Waals surface area contributed by atoms with Crippen LogP contribution < -0.4 is 5.32 Å². The van der Waals surface area contributed by atoms with E-state index < -0.39 is 15.8 Å². The van der Waals surface area contributed by atoms with E-state index in [2.05, 4.69) is 5.32 Å². The normalized spacial score (nSPS) is 11.4. The Kier molecular flexibility index (Phi) is 4.84. The Bertz CT molecular complexity index is 234. The van der Waals surface area contributed by atoms with E-state index in [0.29, 0.717) is 13.1 Å². The molecule has 0 saturated carbocycles. The van der Waals surface area contributed by atoms with Crippen molar-refractivity contribution in [2.75, 3.05) is 25.1 Å². The van der Waals surface area contributed by atoms with Crippen molar-refractivity contribution in [1.82, 2.24) is 5.32 Å². The molecule has 0 rings (SSSR count). The number of nitrogens with one attached hydrogen (secondary N) is 1. The molecule has 0 unspecified atom stereocenters. The van der Waals surface area contributed by atoms with Gasteiger partial charge < -0.3 is 10.4 Å². The van der Waals surface area contributed by atoms with Gasteiger partial charge in [0, 0.05) is 19.3 Å². The van der Waals surface area contributed by atoms with Crippen molar-refractivity contribution in [2.24, 2.45) is 0 Å². The molecule has 0 heterocycles. The first-order valence-electron chi connectivity index (χ1n) is 3.52. The number of carbonyl (C=O) groups is 1. The molecule has 0 spiro atoms. The maximum absolute atomic E-state index is 10.6. The van der Waals surface area contributed by atoms with Gasteiger partial charge in [-0.05, 0) is 0 Å². The molecule has 0 aliphatic heterocycles. The molecule has 0 aromatic rings. The molecule has 0 radical (unpaired) electrons. The van der Waals surface area contributed by atoms with Crippen LogP contribution in [0.25, 0.3) is 0 Å². The quantitative estimate of drug-likeness (QED) is 0.536. The van der Waals surface area contributed by atoms with Crippen molar-refractivity contribution < 1.29 is 18.3 Å². The van der Waals surface area contributed by atoms with E-state index in [1.54, 1.807) is 0 Å². The molecule has 0 aliphatic rings. The molecule has 0 fully saturated rings. The lowest BCUT2D eigenvalue weighted by molar-refractivity contribution is -0.136. The molecule has 0 bridgehead atoms. The van der Waals surface area contributed by atoms with Gasteiger partial charge in [0.05, 0.1) is 12.2 Å². The van der Waals surface area contributed by atoms with Crippen LogP contribution in [0.15, 0.2) is 0 Å². The second-order valence-electron chi connectivity index (χ2n) is 2.52. The summed E-state index contributed by atoms with van der Waals surface area (Å²) in [7, 11) is -2.93. The smallest absolute Gasteiger partial charge is 0.304 e. The Balaban J connectivity index is 3.29. The van der Waals surface area contributed by atoms with Crippen molar-refractivity contribution in [1.29, 1.82) is 0 Å². The average Bonchev–Trinajstić information content (AvgIpc) is 1.83. The van der Waals surface area contributed by atoms with Gasteiger partial charge in [-0.3, -0.25) is 4.79 Å². The number of hydrogen-bond donors (Lipinski definition) is 2. The zero-order valence-electron chi connectivity index (χ0n) is 6.91. The molecular weight excluding hydrogens is 182 g/mol. The van der Waals surface area contributed by atoms with Crippen LogP contribution in [-0.2, 0) is 14.6 Å². The maximum Gasteiger partial charge on any atom is 0.304 e. The molecule has 0 atom stereocenters. The molecule has 5 nitrogen and oxygen atoms in total. The molecule has 0 aromatic carbocycles. The second kappa shape index (κ2) is 5.10. The van der Waals surface area contributed by atoms with Crippen LogP contribution in [0.3, 0.4) is 0 Å². The van der Waals surface area contributed by atoms with Gasteiger partial charge in [0.2, 0.25) is 0 Å². The zero-order chi connectivity index (χ0) is 9.61. The molecule has 0 aliphatic carbocycles. The van der Waals surface area contributed by atoms with Crippen LogP contribution in [0.4, 0.5) is 0 Å². The van der Waals surface area contributed by atoms with Crippen LogP contribution in [0.5, 0.6) is 0 Å². The summed E-state index contributed by atoms with van der Waals surface area (Å²) < 4.78 is 21.1. The highest BCUT2D eigenvalue weighted by Crippen LogP contribution is 1.80. The highest BCUT2D eigenvalue weighted by Gasteiger charge is 2.01. The van der Waals surface area contributed by atoms with E-state index in [1.807, 2.05) is 0 Å². The first-order valence-corrected chi connectivity index (χ1v) is 5.58. The maximum atomic E-state index is 10.6. The second-order valence-corrected chi connectivity index (χ2v) is 4.78. The van der Waals surface area contributed by atoms with Gasteiger partial charge in [0.1, 0.15) is 9.84 Å². The van der Waals surface area contributed by atoms with Gasteiger partial charge in [-0.25, -0.2) is 8.42 Å². The summed E-state index contributed by atoms with van der Waals surface area (Å²) in [5.74, 6) is -0.839. The summed E-state index contributed by atoms with van der Waals surface area (Å²) in [5, 5.41) is 10.9. The largest absolute Gasteiger partial charge is 0.481 e. The first kappa shape index (κ1) is 11.4. The summed E-state index contributed by atoms with van der Waals surface area (Å²) in [5.41, 5.74) is 0. The fraction of sp³-hybridized carbons (Fsp3) is 0.833. The number of carboxylic acids is 1. The standard InChI is InChI=1S/C6H13NO4S/c1-12(10,11)5-4-7-3-2-6(8)9/h7H,2-5H2,1H3,(H,8,9). The predicted octanol–water partition coefficient (Wildman–Crippen LogP) is -0.905. The minimum Gasteiger partial charge on any atom is -0.481 e. The number of carboxylic acid groups (broad SMARTS) is 1. The van der Waals surface area contributed by atoms with Crippen molar-refractivity contribution in [3.63, 3.8) is 0 Å². The minimum absolute atomic E-state index is 0.0176. The van der Waals surface area contributed by atoms with Crippen molar-refractivity contribution in [3.05, 3.63) is 0 Å². The minimum atomic E-state index is -2.93. The van der Waals surface area contributed by atoms with E-state index in [4.69, 9.17) is 5.11 Å². The van der Waals surface area contributed by atoms with Crippen LogP contribution in [0.1, 0.15) is 6.42 Å². The molecule has 2 N–H and O–H groups in total. The highest BCUT2D eigenvalue weighted by molar-refractivity contribution is 7.90. The van der Waals surface area contributed by atoms with Gasteiger partial charge in [0.25, 0.3) is 0 Å². The third kappa shape index (κ3) is 9.38. The van der Waals surface area contributed by atoms with Gasteiger partial charge in [-0.2, -0.15) is 0 Å². The number of hydrogen-bond acceptors (Lipinski definition) is 4. The van der Waals surface area contributed by atoms with Crippen LogP contribution in [0, 0.1) is 0 Å². The molecular formula is C6H13NO4S. The number of aliphatic carboxylic acids is 1. The third-order valence-corrected chi connectivity index (χ3v) is 2.11. The lowest BCUT2D eigenvalue weighted by Gasteiger charge is -2.00. The van der Waals surface area contributed by atoms with Crippen LogP contribution >= 0.6 is 0 Å². The van der Waals surface area contributed by atoms with Crippen molar-refractivity contribution >= 4 is 15.8 Å². The molecule has 0 saturated heterocycles.